The molecule has 0 heterocycles. The molecule has 3 aromatic rings. The second kappa shape index (κ2) is 11.1. The molecule has 10 heteroatoms. The van der Waals surface area contributed by atoms with Crippen LogP contribution >= 0.6 is 23.8 Å². The van der Waals surface area contributed by atoms with Gasteiger partial charge < -0.3 is 14.8 Å². The van der Waals surface area contributed by atoms with Crippen LogP contribution in [0.25, 0.3) is 0 Å². The molecule has 3 rings (SSSR count). The number of hydrogen-bond acceptors (Lipinski definition) is 6. The highest BCUT2D eigenvalue weighted by molar-refractivity contribution is 7.80. The van der Waals surface area contributed by atoms with Crippen molar-refractivity contribution in [1.82, 2.24) is 5.32 Å². The van der Waals surface area contributed by atoms with E-state index in [1.54, 1.807) is 24.3 Å². The topological polar surface area (TPSA) is 103 Å². The number of nitrogens with zero attached hydrogens (tertiary/aromatic N) is 1. The molecule has 32 heavy (non-hydrogen) atoms. The zero-order valence-corrected chi connectivity index (χ0v) is 18.2. The van der Waals surface area contributed by atoms with Crippen LogP contribution in [0.2, 0.25) is 5.02 Å². The van der Waals surface area contributed by atoms with Crippen molar-refractivity contribution in [3.63, 3.8) is 0 Å². The van der Waals surface area contributed by atoms with Gasteiger partial charge in [0.2, 0.25) is 0 Å². The summed E-state index contributed by atoms with van der Waals surface area (Å²) in [7, 11) is 0. The second-order valence-electron chi connectivity index (χ2n) is 6.37. The van der Waals surface area contributed by atoms with E-state index in [0.29, 0.717) is 30.2 Å². The molecule has 0 radical (unpaired) electrons. The summed E-state index contributed by atoms with van der Waals surface area (Å²) in [4.78, 5) is 22.9. The van der Waals surface area contributed by atoms with Crippen LogP contribution in [-0.2, 0) is 0 Å². The molecule has 164 valence electrons. The normalized spacial score (nSPS) is 10.2. The Labute approximate surface area is 194 Å². The summed E-state index contributed by atoms with van der Waals surface area (Å²) < 4.78 is 11.2. The summed E-state index contributed by atoms with van der Waals surface area (Å²) in [5, 5.41) is 16.2. The number of carbonyl (C=O) groups is 1. The number of rotatable bonds is 8. The first-order chi connectivity index (χ1) is 15.4. The minimum Gasteiger partial charge on any atom is -0.490 e. The summed E-state index contributed by atoms with van der Waals surface area (Å²) in [6.07, 6.45) is 0. The number of nitrogens with one attached hydrogen (secondary N) is 2. The van der Waals surface area contributed by atoms with Gasteiger partial charge in [-0.15, -0.1) is 0 Å². The third kappa shape index (κ3) is 6.66. The minimum absolute atomic E-state index is 0.00138. The van der Waals surface area contributed by atoms with Crippen molar-refractivity contribution in [3.05, 3.63) is 93.5 Å². The SMILES string of the molecule is O=C(NC(=S)Nc1ccc(Cl)c([N+](=O)[O-])c1)c1cccc(OCCOc2ccccc2)c1. The fraction of sp³-hybridized carbons (Fsp3) is 0.0909. The van der Waals surface area contributed by atoms with E-state index in [-0.39, 0.29) is 15.8 Å². The van der Waals surface area contributed by atoms with E-state index in [4.69, 9.17) is 33.3 Å². The molecule has 0 atom stereocenters. The number of para-hydroxylation sites is 1. The zero-order valence-electron chi connectivity index (χ0n) is 16.6. The molecule has 1 amide bonds. The fourth-order valence-corrected chi connectivity index (χ4v) is 3.03. The lowest BCUT2D eigenvalue weighted by Crippen LogP contribution is -2.34. The van der Waals surface area contributed by atoms with Crippen molar-refractivity contribution in [2.75, 3.05) is 18.5 Å². The number of anilines is 1. The van der Waals surface area contributed by atoms with Gasteiger partial charge in [0.15, 0.2) is 5.11 Å². The largest absolute Gasteiger partial charge is 0.490 e. The van der Waals surface area contributed by atoms with Gasteiger partial charge in [0.1, 0.15) is 29.7 Å². The van der Waals surface area contributed by atoms with Crippen LogP contribution in [0, 0.1) is 10.1 Å². The van der Waals surface area contributed by atoms with Gasteiger partial charge in [-0.25, -0.2) is 0 Å². The van der Waals surface area contributed by atoms with Crippen molar-refractivity contribution in [2.45, 2.75) is 0 Å². The second-order valence-corrected chi connectivity index (χ2v) is 7.18. The molecule has 0 saturated carbocycles. The van der Waals surface area contributed by atoms with Crippen LogP contribution < -0.4 is 20.1 Å². The molecule has 0 aliphatic heterocycles. The maximum absolute atomic E-state index is 12.5. The van der Waals surface area contributed by atoms with Crippen LogP contribution in [0.4, 0.5) is 11.4 Å². The van der Waals surface area contributed by atoms with Crippen molar-refractivity contribution < 1.29 is 19.2 Å². The molecular formula is C22H18ClN3O5S. The molecule has 8 nitrogen and oxygen atoms in total. The molecule has 0 saturated heterocycles. The van der Waals surface area contributed by atoms with Gasteiger partial charge in [-0.05, 0) is 54.7 Å². The van der Waals surface area contributed by atoms with Gasteiger partial charge in [0.05, 0.1) is 4.92 Å². The van der Waals surface area contributed by atoms with Gasteiger partial charge in [-0.2, -0.15) is 0 Å². The molecule has 0 aliphatic rings. The van der Waals surface area contributed by atoms with E-state index >= 15 is 0 Å². The summed E-state index contributed by atoms with van der Waals surface area (Å²) in [6, 6.07) is 20.1. The summed E-state index contributed by atoms with van der Waals surface area (Å²) >= 11 is 10.9. The average Bonchev–Trinajstić information content (AvgIpc) is 2.78. The third-order valence-electron chi connectivity index (χ3n) is 4.09. The Morgan fingerprint density at radius 1 is 0.969 bits per heavy atom. The highest BCUT2D eigenvalue weighted by Crippen LogP contribution is 2.27. The Balaban J connectivity index is 1.52. The predicted molar refractivity (Wildman–Crippen MR) is 126 cm³/mol. The third-order valence-corrected chi connectivity index (χ3v) is 4.61. The van der Waals surface area contributed by atoms with Gasteiger partial charge in [0, 0.05) is 17.3 Å². The van der Waals surface area contributed by atoms with Gasteiger partial charge in [-0.1, -0.05) is 35.9 Å². The first-order valence-electron chi connectivity index (χ1n) is 9.39. The molecule has 0 spiro atoms. The van der Waals surface area contributed by atoms with Crippen molar-refractivity contribution >= 4 is 46.2 Å². The standard InChI is InChI=1S/C22H18ClN3O5S/c23-19-10-9-16(14-20(19)26(28)29)24-22(32)25-21(27)15-5-4-8-18(13-15)31-12-11-30-17-6-2-1-3-7-17/h1-10,13-14H,11-12H2,(H2,24,25,27,32). The summed E-state index contributed by atoms with van der Waals surface area (Å²) in [6.45, 7) is 0.650. The van der Waals surface area contributed by atoms with Crippen molar-refractivity contribution in [1.29, 1.82) is 0 Å². The van der Waals surface area contributed by atoms with Crippen molar-refractivity contribution in [2.24, 2.45) is 0 Å². The number of amides is 1. The van der Waals surface area contributed by atoms with Crippen LogP contribution in [0.1, 0.15) is 10.4 Å². The molecule has 2 N–H and O–H groups in total. The van der Waals surface area contributed by atoms with Crippen LogP contribution in [0.15, 0.2) is 72.8 Å². The smallest absolute Gasteiger partial charge is 0.289 e. The summed E-state index contributed by atoms with van der Waals surface area (Å²) in [5.41, 5.74) is 0.381. The highest BCUT2D eigenvalue weighted by atomic mass is 35.5. The number of nitro benzene ring substituents is 1. The van der Waals surface area contributed by atoms with Crippen LogP contribution in [0.5, 0.6) is 11.5 Å². The van der Waals surface area contributed by atoms with Crippen molar-refractivity contribution in [3.8, 4) is 11.5 Å². The van der Waals surface area contributed by atoms with Crippen LogP contribution in [-0.4, -0.2) is 29.2 Å². The average molecular weight is 472 g/mol. The molecule has 0 aromatic heterocycles. The lowest BCUT2D eigenvalue weighted by molar-refractivity contribution is -0.384. The van der Waals surface area contributed by atoms with E-state index < -0.39 is 10.8 Å². The number of thiocarbonyl (C=S) groups is 1. The van der Waals surface area contributed by atoms with E-state index in [2.05, 4.69) is 10.6 Å². The van der Waals surface area contributed by atoms with Gasteiger partial charge in [-0.3, -0.25) is 20.2 Å². The predicted octanol–water partition coefficient (Wildman–Crippen LogP) is 4.83. The number of nitro groups is 1. The number of benzene rings is 3. The number of carbonyl (C=O) groups excluding carboxylic acids is 1. The monoisotopic (exact) mass is 471 g/mol. The van der Waals surface area contributed by atoms with Gasteiger partial charge >= 0.3 is 0 Å². The Kier molecular flexibility index (Phi) is 7.96. The summed E-state index contributed by atoms with van der Waals surface area (Å²) in [5.74, 6) is 0.787. The number of hydrogen-bond donors (Lipinski definition) is 2. The Bertz CT molecular complexity index is 1130. The van der Waals surface area contributed by atoms with Crippen LogP contribution in [0.3, 0.4) is 0 Å². The van der Waals surface area contributed by atoms with E-state index in [0.717, 1.165) is 5.75 Å². The maximum atomic E-state index is 12.5. The first kappa shape index (κ1) is 23.0. The van der Waals surface area contributed by atoms with E-state index in [9.17, 15) is 14.9 Å². The fourth-order valence-electron chi connectivity index (χ4n) is 2.63. The maximum Gasteiger partial charge on any atom is 0.289 e. The minimum atomic E-state index is -0.606. The Morgan fingerprint density at radius 3 is 2.38 bits per heavy atom. The number of ether oxygens (including phenoxy) is 2. The molecule has 0 bridgehead atoms. The lowest BCUT2D eigenvalue weighted by atomic mass is 10.2. The quantitative estimate of drug-likeness (QED) is 0.210. The van der Waals surface area contributed by atoms with Gasteiger partial charge in [0.25, 0.3) is 11.6 Å². The molecule has 0 aliphatic carbocycles. The first-order valence-corrected chi connectivity index (χ1v) is 10.2. The molecule has 0 fully saturated rings. The zero-order chi connectivity index (χ0) is 22.9. The number of halogens is 1. The Hall–Kier alpha value is -3.69. The molecular weight excluding hydrogens is 454 g/mol. The van der Waals surface area contributed by atoms with E-state index in [1.807, 2.05) is 30.3 Å². The lowest BCUT2D eigenvalue weighted by Gasteiger charge is -2.11. The highest BCUT2D eigenvalue weighted by Gasteiger charge is 2.14. The molecule has 3 aromatic carbocycles. The molecule has 0 unspecified atom stereocenters. The van der Waals surface area contributed by atoms with E-state index in [1.165, 1.54) is 18.2 Å². The Morgan fingerprint density at radius 2 is 1.66 bits per heavy atom.